The molecule has 7 heteroatoms. The zero-order valence-corrected chi connectivity index (χ0v) is 23.1. The lowest BCUT2D eigenvalue weighted by molar-refractivity contribution is -0.135. The molecule has 0 bridgehead atoms. The van der Waals surface area contributed by atoms with Gasteiger partial charge in [-0.2, -0.15) is 0 Å². The Labute approximate surface area is 230 Å². The van der Waals surface area contributed by atoms with Gasteiger partial charge in [0.1, 0.15) is 5.54 Å². The van der Waals surface area contributed by atoms with Crippen LogP contribution >= 0.6 is 23.2 Å². The summed E-state index contributed by atoms with van der Waals surface area (Å²) in [5, 5.41) is 7.64. The Morgan fingerprint density at radius 1 is 1.03 bits per heavy atom. The summed E-state index contributed by atoms with van der Waals surface area (Å²) in [5.41, 5.74) is 1.54. The van der Waals surface area contributed by atoms with E-state index in [0.717, 1.165) is 61.8 Å². The monoisotopic (exact) mass is 541 g/mol. The second-order valence-electron chi connectivity index (χ2n) is 11.3. The van der Waals surface area contributed by atoms with Crippen LogP contribution in [0.15, 0.2) is 42.5 Å². The molecule has 3 aliphatic rings. The Balaban J connectivity index is 1.57. The van der Waals surface area contributed by atoms with Crippen molar-refractivity contribution in [3.63, 3.8) is 0 Å². The predicted molar refractivity (Wildman–Crippen MR) is 150 cm³/mol. The van der Waals surface area contributed by atoms with E-state index < -0.39 is 5.54 Å². The highest BCUT2D eigenvalue weighted by Gasteiger charge is 2.54. The maximum atomic E-state index is 14.1. The van der Waals surface area contributed by atoms with Crippen LogP contribution in [-0.4, -0.2) is 35.3 Å². The molecule has 0 radical (unpaired) electrons. The lowest BCUT2D eigenvalue weighted by Gasteiger charge is -2.46. The van der Waals surface area contributed by atoms with Gasteiger partial charge in [0.2, 0.25) is 11.8 Å². The summed E-state index contributed by atoms with van der Waals surface area (Å²) >= 11 is 12.7. The molecular formula is C30H37Cl2N3O2. The number of carbonyl (C=O) groups excluding carboxylic acids is 2. The predicted octanol–water partition coefficient (Wildman–Crippen LogP) is 6.71. The van der Waals surface area contributed by atoms with Gasteiger partial charge < -0.3 is 10.6 Å². The summed E-state index contributed by atoms with van der Waals surface area (Å²) in [4.78, 5) is 29.9. The molecule has 2 unspecified atom stereocenters. The molecule has 0 saturated heterocycles. The van der Waals surface area contributed by atoms with Gasteiger partial charge >= 0.3 is 0 Å². The molecule has 2 aliphatic carbocycles. The van der Waals surface area contributed by atoms with E-state index in [1.54, 1.807) is 0 Å². The molecule has 3 atom stereocenters. The number of nitrogens with zero attached hydrogens (tertiary/aromatic N) is 1. The Kier molecular flexibility index (Phi) is 8.13. The molecule has 2 aromatic carbocycles. The van der Waals surface area contributed by atoms with Gasteiger partial charge in [0, 0.05) is 39.8 Å². The topological polar surface area (TPSA) is 61.4 Å². The number of amides is 2. The number of rotatable bonds is 7. The first-order valence-electron chi connectivity index (χ1n) is 13.8. The molecule has 2 amide bonds. The summed E-state index contributed by atoms with van der Waals surface area (Å²) in [6, 6.07) is 13.7. The molecule has 2 N–H and O–H groups in total. The van der Waals surface area contributed by atoms with Crippen LogP contribution in [0.4, 0.5) is 5.69 Å². The van der Waals surface area contributed by atoms with Crippen molar-refractivity contribution in [1.82, 2.24) is 10.2 Å². The van der Waals surface area contributed by atoms with Crippen LogP contribution in [0.2, 0.25) is 10.0 Å². The third-order valence-electron chi connectivity index (χ3n) is 8.52. The Hall–Kier alpha value is -2.08. The standard InChI is InChI=1S/C30H37Cl2N3O2/c1-20-7-5-12-25(15-20)35(19-28(36)33-24-10-3-2-4-11-24)30(18-21-8-6-9-22(31)16-21)26-14-13-23(32)17-27(26)34-29(30)37/h6,8-9,13-14,16-17,20,24-25H,2-5,7,10-12,15,18-19H2,1H3,(H,33,36)(H,34,37)/t20?,25-,30?/m1/s1. The van der Waals surface area contributed by atoms with Crippen LogP contribution in [-0.2, 0) is 21.5 Å². The van der Waals surface area contributed by atoms with Crippen molar-refractivity contribution in [3.05, 3.63) is 63.6 Å². The van der Waals surface area contributed by atoms with E-state index in [1.165, 1.54) is 12.8 Å². The van der Waals surface area contributed by atoms with Crippen molar-refractivity contribution in [2.24, 2.45) is 5.92 Å². The van der Waals surface area contributed by atoms with E-state index in [9.17, 15) is 9.59 Å². The zero-order chi connectivity index (χ0) is 26.0. The van der Waals surface area contributed by atoms with E-state index in [4.69, 9.17) is 23.2 Å². The molecule has 1 aliphatic heterocycles. The molecule has 5 nitrogen and oxygen atoms in total. The van der Waals surface area contributed by atoms with Crippen LogP contribution in [0.1, 0.15) is 75.8 Å². The molecule has 2 saturated carbocycles. The number of hydrogen-bond acceptors (Lipinski definition) is 3. The summed E-state index contributed by atoms with van der Waals surface area (Å²) in [6.07, 6.45) is 10.2. The minimum absolute atomic E-state index is 0.00538. The van der Waals surface area contributed by atoms with Crippen molar-refractivity contribution in [1.29, 1.82) is 0 Å². The second kappa shape index (κ2) is 11.3. The summed E-state index contributed by atoms with van der Waals surface area (Å²) < 4.78 is 0. The number of fused-ring (bicyclic) bond motifs is 1. The average Bonchev–Trinajstić information content (AvgIpc) is 3.13. The minimum Gasteiger partial charge on any atom is -0.352 e. The smallest absolute Gasteiger partial charge is 0.249 e. The molecular weight excluding hydrogens is 505 g/mol. The van der Waals surface area contributed by atoms with Crippen molar-refractivity contribution >= 4 is 40.7 Å². The van der Waals surface area contributed by atoms with Gasteiger partial charge in [-0.25, -0.2) is 0 Å². The van der Waals surface area contributed by atoms with E-state index in [0.29, 0.717) is 22.4 Å². The van der Waals surface area contributed by atoms with E-state index in [-0.39, 0.29) is 30.4 Å². The summed E-state index contributed by atoms with van der Waals surface area (Å²) in [6.45, 7) is 2.46. The van der Waals surface area contributed by atoms with Gasteiger partial charge in [-0.3, -0.25) is 14.5 Å². The molecule has 2 aromatic rings. The normalized spacial score (nSPS) is 26.1. The largest absolute Gasteiger partial charge is 0.352 e. The number of benzene rings is 2. The first-order chi connectivity index (χ1) is 17.8. The van der Waals surface area contributed by atoms with E-state index >= 15 is 0 Å². The third kappa shape index (κ3) is 5.69. The zero-order valence-electron chi connectivity index (χ0n) is 21.6. The Morgan fingerprint density at radius 3 is 2.57 bits per heavy atom. The van der Waals surface area contributed by atoms with E-state index in [2.05, 4.69) is 22.5 Å². The number of carbonyl (C=O) groups is 2. The SMILES string of the molecule is CC1CCC[C@@H](N(CC(=O)NC2CCCCC2)C2(Cc3cccc(Cl)c3)C(=O)Nc3cc(Cl)ccc32)C1. The summed E-state index contributed by atoms with van der Waals surface area (Å²) in [5.74, 6) is 0.444. The van der Waals surface area contributed by atoms with Crippen LogP contribution in [0.5, 0.6) is 0 Å². The van der Waals surface area contributed by atoms with Crippen molar-refractivity contribution in [2.45, 2.75) is 88.8 Å². The minimum atomic E-state index is -1.03. The molecule has 37 heavy (non-hydrogen) atoms. The van der Waals surface area contributed by atoms with Gasteiger partial charge in [0.15, 0.2) is 0 Å². The highest BCUT2D eigenvalue weighted by atomic mass is 35.5. The van der Waals surface area contributed by atoms with Gasteiger partial charge in [-0.1, -0.05) is 80.4 Å². The number of hydrogen-bond donors (Lipinski definition) is 2. The van der Waals surface area contributed by atoms with Crippen LogP contribution in [0.3, 0.4) is 0 Å². The van der Waals surface area contributed by atoms with Gasteiger partial charge in [0.25, 0.3) is 0 Å². The average molecular weight is 543 g/mol. The molecule has 1 heterocycles. The van der Waals surface area contributed by atoms with Crippen LogP contribution in [0, 0.1) is 5.92 Å². The van der Waals surface area contributed by atoms with Crippen molar-refractivity contribution in [3.8, 4) is 0 Å². The highest BCUT2D eigenvalue weighted by Crippen LogP contribution is 2.47. The lowest BCUT2D eigenvalue weighted by atomic mass is 9.78. The fourth-order valence-corrected chi connectivity index (χ4v) is 7.15. The first-order valence-corrected chi connectivity index (χ1v) is 14.5. The van der Waals surface area contributed by atoms with Crippen LogP contribution < -0.4 is 10.6 Å². The molecule has 198 valence electrons. The number of halogens is 2. The fraction of sp³-hybridized carbons (Fsp3) is 0.533. The fourth-order valence-electron chi connectivity index (χ4n) is 6.77. The molecule has 5 rings (SSSR count). The van der Waals surface area contributed by atoms with E-state index in [1.807, 2.05) is 42.5 Å². The van der Waals surface area contributed by atoms with Crippen molar-refractivity contribution < 1.29 is 9.59 Å². The maximum absolute atomic E-state index is 14.1. The van der Waals surface area contributed by atoms with Gasteiger partial charge in [-0.15, -0.1) is 0 Å². The second-order valence-corrected chi connectivity index (χ2v) is 12.1. The number of nitrogens with one attached hydrogen (secondary N) is 2. The van der Waals surface area contributed by atoms with Gasteiger partial charge in [-0.05, 0) is 61.4 Å². The number of anilines is 1. The Morgan fingerprint density at radius 2 is 1.81 bits per heavy atom. The van der Waals surface area contributed by atoms with Gasteiger partial charge in [0.05, 0.1) is 6.54 Å². The molecule has 2 fully saturated rings. The molecule has 0 aromatic heterocycles. The third-order valence-corrected chi connectivity index (χ3v) is 8.99. The summed E-state index contributed by atoms with van der Waals surface area (Å²) in [7, 11) is 0. The molecule has 0 spiro atoms. The first kappa shape index (κ1) is 26.5. The quantitative estimate of drug-likeness (QED) is 0.409. The Bertz CT molecular complexity index is 1150. The highest BCUT2D eigenvalue weighted by molar-refractivity contribution is 6.31. The maximum Gasteiger partial charge on any atom is 0.249 e. The van der Waals surface area contributed by atoms with Crippen molar-refractivity contribution in [2.75, 3.05) is 11.9 Å². The lowest BCUT2D eigenvalue weighted by Crippen LogP contribution is -2.60. The van der Waals surface area contributed by atoms with Crippen LogP contribution in [0.25, 0.3) is 0 Å².